The van der Waals surface area contributed by atoms with Gasteiger partial charge in [0.25, 0.3) is 5.71 Å². The van der Waals surface area contributed by atoms with E-state index in [-0.39, 0.29) is 5.82 Å². The minimum absolute atomic E-state index is 0.222. The summed E-state index contributed by atoms with van der Waals surface area (Å²) >= 11 is 0. The first-order valence-corrected chi connectivity index (χ1v) is 3.57. The van der Waals surface area contributed by atoms with Gasteiger partial charge >= 0.3 is 0 Å². The first-order chi connectivity index (χ1) is 6.36. The maximum Gasteiger partial charge on any atom is 0.283 e. The second-order valence-corrected chi connectivity index (χ2v) is 2.52. The van der Waals surface area contributed by atoms with Crippen molar-refractivity contribution in [2.24, 2.45) is 0 Å². The highest BCUT2D eigenvalue weighted by Crippen LogP contribution is 2.16. The molecule has 0 atom stereocenters. The van der Waals surface area contributed by atoms with E-state index in [4.69, 9.17) is 10.3 Å². The fraction of sp³-hybridized carbons (Fsp3) is 0. The van der Waals surface area contributed by atoms with Crippen molar-refractivity contribution in [1.82, 2.24) is 25.0 Å². The number of aromatic nitrogens is 5. The van der Waals surface area contributed by atoms with Gasteiger partial charge in [-0.25, -0.2) is 0 Å². The van der Waals surface area contributed by atoms with Gasteiger partial charge in [0.2, 0.25) is 0 Å². The molecule has 0 saturated heterocycles. The molecule has 0 radical (unpaired) electrons. The summed E-state index contributed by atoms with van der Waals surface area (Å²) in [5, 5.41) is 15.3. The highest BCUT2D eigenvalue weighted by molar-refractivity contribution is 5.80. The monoisotopic (exact) mass is 176 g/mol. The minimum Gasteiger partial charge on any atom is -0.379 e. The number of nitrogens with two attached hydrogens (primary N) is 1. The molecular weight excluding hydrogens is 172 g/mol. The molecule has 64 valence electrons. The Morgan fingerprint density at radius 3 is 3.23 bits per heavy atom. The zero-order chi connectivity index (χ0) is 8.84. The predicted molar refractivity (Wildman–Crippen MR) is 42.8 cm³/mol. The molecule has 3 aromatic rings. The second-order valence-electron chi connectivity index (χ2n) is 2.52. The summed E-state index contributed by atoms with van der Waals surface area (Å²) in [6.07, 6.45) is 1.60. The van der Waals surface area contributed by atoms with Crippen molar-refractivity contribution >= 4 is 22.7 Å². The minimum atomic E-state index is 0.222. The van der Waals surface area contributed by atoms with E-state index in [1.54, 1.807) is 12.3 Å². The summed E-state index contributed by atoms with van der Waals surface area (Å²) < 4.78 is 6.44. The summed E-state index contributed by atoms with van der Waals surface area (Å²) in [5.74, 6) is 0.222. The van der Waals surface area contributed by atoms with Gasteiger partial charge < -0.3 is 10.3 Å². The van der Waals surface area contributed by atoms with Gasteiger partial charge in [-0.15, -0.1) is 10.2 Å². The summed E-state index contributed by atoms with van der Waals surface area (Å²) in [4.78, 5) is 0. The summed E-state index contributed by atoms with van der Waals surface area (Å²) in [6, 6.07) is 1.71. The van der Waals surface area contributed by atoms with Crippen molar-refractivity contribution in [2.75, 3.05) is 5.73 Å². The Kier molecular flexibility index (Phi) is 0.950. The van der Waals surface area contributed by atoms with E-state index >= 15 is 0 Å². The molecule has 7 heteroatoms. The predicted octanol–water partition coefficient (Wildman–Crippen LogP) is -0.152. The van der Waals surface area contributed by atoms with E-state index in [1.807, 2.05) is 0 Å². The van der Waals surface area contributed by atoms with Crippen LogP contribution in [0.2, 0.25) is 0 Å². The maximum atomic E-state index is 5.49. The van der Waals surface area contributed by atoms with E-state index in [0.717, 1.165) is 0 Å². The van der Waals surface area contributed by atoms with E-state index in [2.05, 4.69) is 20.5 Å². The molecule has 0 aromatic carbocycles. The molecule has 0 unspecified atom stereocenters. The molecule has 0 saturated carbocycles. The molecule has 3 rings (SSSR count). The van der Waals surface area contributed by atoms with Gasteiger partial charge in [-0.3, -0.25) is 0 Å². The fourth-order valence-electron chi connectivity index (χ4n) is 1.15. The maximum absolute atomic E-state index is 5.49. The molecule has 0 spiro atoms. The van der Waals surface area contributed by atoms with Crippen molar-refractivity contribution in [2.45, 2.75) is 0 Å². The standard InChI is InChI=1S/C6H4N6O/c7-5-4-6(13-11-5)12-3(9-10-4)1-2-8-12/h1-2H,(H2,7,11). The van der Waals surface area contributed by atoms with E-state index in [9.17, 15) is 0 Å². The van der Waals surface area contributed by atoms with Crippen LogP contribution < -0.4 is 5.73 Å². The largest absolute Gasteiger partial charge is 0.379 e. The molecule has 0 amide bonds. The second kappa shape index (κ2) is 1.94. The Bertz CT molecular complexity index is 581. The van der Waals surface area contributed by atoms with Crippen molar-refractivity contribution in [1.29, 1.82) is 0 Å². The lowest BCUT2D eigenvalue weighted by atomic mass is 10.5. The quantitative estimate of drug-likeness (QED) is 0.511. The number of fused-ring (bicyclic) bond motifs is 3. The van der Waals surface area contributed by atoms with Crippen LogP contribution in [0.4, 0.5) is 5.82 Å². The van der Waals surface area contributed by atoms with Gasteiger partial charge in [0, 0.05) is 6.07 Å². The number of hydrogen-bond donors (Lipinski definition) is 1. The average molecular weight is 176 g/mol. The Morgan fingerprint density at radius 2 is 2.31 bits per heavy atom. The Hall–Kier alpha value is -2.18. The molecule has 3 heterocycles. The van der Waals surface area contributed by atoms with Crippen molar-refractivity contribution in [3.8, 4) is 0 Å². The third-order valence-corrected chi connectivity index (χ3v) is 1.74. The summed E-state index contributed by atoms with van der Waals surface area (Å²) in [7, 11) is 0. The third-order valence-electron chi connectivity index (χ3n) is 1.74. The smallest absolute Gasteiger partial charge is 0.283 e. The van der Waals surface area contributed by atoms with Crippen LogP contribution in [-0.2, 0) is 0 Å². The molecule has 2 N–H and O–H groups in total. The van der Waals surface area contributed by atoms with Crippen LogP contribution in [0.25, 0.3) is 16.9 Å². The lowest BCUT2D eigenvalue weighted by Crippen LogP contribution is -1.94. The third kappa shape index (κ3) is 0.675. The summed E-state index contributed by atoms with van der Waals surface area (Å²) in [5.41, 5.74) is 6.92. The van der Waals surface area contributed by atoms with Crippen LogP contribution in [0.3, 0.4) is 0 Å². The van der Waals surface area contributed by atoms with Gasteiger partial charge in [-0.2, -0.15) is 9.61 Å². The number of hydrogen-bond acceptors (Lipinski definition) is 6. The Labute approximate surface area is 71.1 Å². The lowest BCUT2D eigenvalue weighted by molar-refractivity contribution is 0.445. The average Bonchev–Trinajstić information content (AvgIpc) is 2.70. The molecule has 3 aromatic heterocycles. The van der Waals surface area contributed by atoms with Crippen molar-refractivity contribution in [3.05, 3.63) is 12.3 Å². The lowest BCUT2D eigenvalue weighted by Gasteiger charge is -1.89. The SMILES string of the molecule is Nc1noc2c1nnc1ccnn12. The van der Waals surface area contributed by atoms with Crippen LogP contribution in [-0.4, -0.2) is 25.0 Å². The highest BCUT2D eigenvalue weighted by atomic mass is 16.5. The van der Waals surface area contributed by atoms with Crippen LogP contribution in [0.1, 0.15) is 0 Å². The van der Waals surface area contributed by atoms with E-state index < -0.39 is 0 Å². The normalized spacial score (nSPS) is 11.4. The summed E-state index contributed by atoms with van der Waals surface area (Å²) in [6.45, 7) is 0. The van der Waals surface area contributed by atoms with Gasteiger partial charge in [0.05, 0.1) is 6.20 Å². The zero-order valence-corrected chi connectivity index (χ0v) is 6.38. The van der Waals surface area contributed by atoms with Gasteiger partial charge in [0.15, 0.2) is 17.0 Å². The highest BCUT2D eigenvalue weighted by Gasteiger charge is 2.11. The Balaban J connectivity index is 2.66. The first-order valence-electron chi connectivity index (χ1n) is 3.57. The molecular formula is C6H4N6O. The molecule has 0 fully saturated rings. The van der Waals surface area contributed by atoms with E-state index in [0.29, 0.717) is 16.9 Å². The molecule has 0 bridgehead atoms. The number of nitrogen functional groups attached to an aromatic ring is 1. The molecule has 13 heavy (non-hydrogen) atoms. The fourth-order valence-corrected chi connectivity index (χ4v) is 1.15. The number of rotatable bonds is 0. The van der Waals surface area contributed by atoms with Crippen LogP contribution in [0.15, 0.2) is 16.8 Å². The molecule has 0 aliphatic rings. The van der Waals surface area contributed by atoms with Gasteiger partial charge in [-0.05, 0) is 0 Å². The zero-order valence-electron chi connectivity index (χ0n) is 6.38. The molecule has 0 aliphatic heterocycles. The van der Waals surface area contributed by atoms with Crippen LogP contribution in [0.5, 0.6) is 0 Å². The molecule has 7 nitrogen and oxygen atoms in total. The van der Waals surface area contributed by atoms with Crippen LogP contribution in [0, 0.1) is 0 Å². The topological polar surface area (TPSA) is 95.1 Å². The van der Waals surface area contributed by atoms with Crippen molar-refractivity contribution < 1.29 is 4.52 Å². The van der Waals surface area contributed by atoms with Gasteiger partial charge in [0.1, 0.15) is 0 Å². The van der Waals surface area contributed by atoms with E-state index in [1.165, 1.54) is 4.52 Å². The Morgan fingerprint density at radius 1 is 1.38 bits per heavy atom. The first kappa shape index (κ1) is 6.35. The van der Waals surface area contributed by atoms with Gasteiger partial charge in [-0.1, -0.05) is 5.16 Å². The van der Waals surface area contributed by atoms with Crippen molar-refractivity contribution in [3.63, 3.8) is 0 Å². The number of nitrogens with zero attached hydrogens (tertiary/aromatic N) is 5. The van der Waals surface area contributed by atoms with Crippen LogP contribution >= 0.6 is 0 Å². The molecule has 0 aliphatic carbocycles. The number of anilines is 1.